The molecule has 0 fully saturated rings. The molecule has 7 nitrogen and oxygen atoms in total. The van der Waals surface area contributed by atoms with Crippen LogP contribution in [-0.2, 0) is 16.3 Å². The lowest BCUT2D eigenvalue weighted by atomic mass is 10.2. The lowest BCUT2D eigenvalue weighted by Gasteiger charge is -2.08. The van der Waals surface area contributed by atoms with Gasteiger partial charge in [-0.05, 0) is 24.3 Å². The molecule has 24 heavy (non-hydrogen) atoms. The van der Waals surface area contributed by atoms with E-state index in [0.717, 1.165) is 11.8 Å². The molecule has 1 aromatic carbocycles. The minimum Gasteiger partial charge on any atom is -0.421 e. The fourth-order valence-corrected chi connectivity index (χ4v) is 2.96. The summed E-state index contributed by atoms with van der Waals surface area (Å²) in [5.41, 5.74) is 0.855. The summed E-state index contributed by atoms with van der Waals surface area (Å²) in [6, 6.07) is 12.6. The average molecular weight is 344 g/mol. The molecule has 0 unspecified atom stereocenters. The van der Waals surface area contributed by atoms with Crippen LogP contribution in [0.4, 0.5) is 5.82 Å². The topological polar surface area (TPSA) is 98.0 Å². The molecule has 2 heterocycles. The second-order valence-electron chi connectivity index (χ2n) is 5.17. The molecular weight excluding hydrogens is 328 g/mol. The fourth-order valence-electron chi connectivity index (χ4n) is 2.16. The van der Waals surface area contributed by atoms with Crippen LogP contribution >= 0.6 is 0 Å². The Kier molecular flexibility index (Phi) is 4.57. The highest BCUT2D eigenvalue weighted by atomic mass is 32.2. The van der Waals surface area contributed by atoms with Crippen LogP contribution in [0.1, 0.15) is 5.89 Å². The van der Waals surface area contributed by atoms with Gasteiger partial charge >= 0.3 is 0 Å². The van der Waals surface area contributed by atoms with E-state index >= 15 is 0 Å². The summed E-state index contributed by atoms with van der Waals surface area (Å²) in [6.45, 7) is 0.427. The number of pyridine rings is 1. The lowest BCUT2D eigenvalue weighted by Crippen LogP contribution is -2.10. The molecule has 124 valence electrons. The number of anilines is 1. The van der Waals surface area contributed by atoms with Crippen LogP contribution in [0.25, 0.3) is 11.5 Å². The van der Waals surface area contributed by atoms with Crippen LogP contribution in [0.15, 0.2) is 58.0 Å². The standard InChI is InChI=1S/C16H16N4O3S/c1-24(21,22)13-8-5-10-17-15(13)18-11-9-14-19-20-16(23-14)12-6-3-2-4-7-12/h2-8,10H,9,11H2,1H3,(H,17,18). The van der Waals surface area contributed by atoms with Crippen molar-refractivity contribution >= 4 is 15.7 Å². The summed E-state index contributed by atoms with van der Waals surface area (Å²) in [7, 11) is -3.34. The number of hydrogen-bond donors (Lipinski definition) is 1. The highest BCUT2D eigenvalue weighted by Gasteiger charge is 2.14. The molecule has 0 saturated heterocycles. The first kappa shape index (κ1) is 16.1. The third-order valence-corrected chi connectivity index (χ3v) is 4.42. The summed E-state index contributed by atoms with van der Waals surface area (Å²) >= 11 is 0. The van der Waals surface area contributed by atoms with E-state index in [-0.39, 0.29) is 4.90 Å². The van der Waals surface area contributed by atoms with Crippen LogP contribution in [0.2, 0.25) is 0 Å². The second kappa shape index (κ2) is 6.79. The van der Waals surface area contributed by atoms with Gasteiger partial charge in [-0.15, -0.1) is 10.2 Å². The molecule has 0 aliphatic heterocycles. The van der Waals surface area contributed by atoms with E-state index in [9.17, 15) is 8.42 Å². The maximum Gasteiger partial charge on any atom is 0.247 e. The first-order valence-electron chi connectivity index (χ1n) is 7.31. The molecular formula is C16H16N4O3S. The number of aromatic nitrogens is 3. The fraction of sp³-hybridized carbons (Fsp3) is 0.188. The van der Waals surface area contributed by atoms with E-state index < -0.39 is 9.84 Å². The van der Waals surface area contributed by atoms with E-state index in [1.54, 1.807) is 6.07 Å². The molecule has 0 amide bonds. The molecule has 0 aliphatic carbocycles. The van der Waals surface area contributed by atoms with E-state index in [1.807, 2.05) is 30.3 Å². The Balaban J connectivity index is 1.65. The maximum atomic E-state index is 11.7. The monoisotopic (exact) mass is 344 g/mol. The molecule has 0 saturated carbocycles. The van der Waals surface area contributed by atoms with Gasteiger partial charge in [0.25, 0.3) is 0 Å². The highest BCUT2D eigenvalue weighted by molar-refractivity contribution is 7.90. The van der Waals surface area contributed by atoms with Crippen LogP contribution < -0.4 is 5.32 Å². The predicted molar refractivity (Wildman–Crippen MR) is 89.3 cm³/mol. The molecule has 1 N–H and O–H groups in total. The van der Waals surface area contributed by atoms with E-state index in [4.69, 9.17) is 4.42 Å². The largest absolute Gasteiger partial charge is 0.421 e. The molecule has 0 spiro atoms. The predicted octanol–water partition coefficient (Wildman–Crippen LogP) is 2.19. The summed E-state index contributed by atoms with van der Waals surface area (Å²) < 4.78 is 29.1. The lowest BCUT2D eigenvalue weighted by molar-refractivity contribution is 0.509. The van der Waals surface area contributed by atoms with Gasteiger partial charge in [-0.3, -0.25) is 0 Å². The zero-order chi connectivity index (χ0) is 17.0. The van der Waals surface area contributed by atoms with Gasteiger partial charge in [-0.1, -0.05) is 18.2 Å². The van der Waals surface area contributed by atoms with Gasteiger partial charge in [-0.25, -0.2) is 13.4 Å². The molecule has 8 heteroatoms. The van der Waals surface area contributed by atoms with Gasteiger partial charge in [0.1, 0.15) is 10.7 Å². The molecule has 3 rings (SSSR count). The average Bonchev–Trinajstić information content (AvgIpc) is 3.04. The number of nitrogens with one attached hydrogen (secondary N) is 1. The first-order valence-corrected chi connectivity index (χ1v) is 9.20. The number of nitrogens with zero attached hydrogens (tertiary/aromatic N) is 3. The maximum absolute atomic E-state index is 11.7. The van der Waals surface area contributed by atoms with Gasteiger partial charge in [0.2, 0.25) is 11.8 Å². The van der Waals surface area contributed by atoms with Gasteiger partial charge in [0, 0.05) is 31.0 Å². The van der Waals surface area contributed by atoms with Crippen molar-refractivity contribution in [2.45, 2.75) is 11.3 Å². The summed E-state index contributed by atoms with van der Waals surface area (Å²) in [4.78, 5) is 4.24. The third-order valence-electron chi connectivity index (χ3n) is 3.29. The molecule has 2 aromatic heterocycles. The number of rotatable bonds is 6. The summed E-state index contributed by atoms with van der Waals surface area (Å²) in [5, 5.41) is 11.0. The number of sulfone groups is 1. The van der Waals surface area contributed by atoms with Gasteiger partial charge in [-0.2, -0.15) is 0 Å². The minimum atomic E-state index is -3.34. The summed E-state index contributed by atoms with van der Waals surface area (Å²) in [5.74, 6) is 1.25. The van der Waals surface area contributed by atoms with Crippen LogP contribution in [0.5, 0.6) is 0 Å². The SMILES string of the molecule is CS(=O)(=O)c1cccnc1NCCc1nnc(-c2ccccc2)o1. The molecule has 0 aliphatic rings. The quantitative estimate of drug-likeness (QED) is 0.732. The van der Waals surface area contributed by atoms with Crippen LogP contribution in [0, 0.1) is 0 Å². The number of hydrogen-bond acceptors (Lipinski definition) is 7. The summed E-state index contributed by atoms with van der Waals surface area (Å²) in [6.07, 6.45) is 3.15. The van der Waals surface area contributed by atoms with Crippen molar-refractivity contribution in [3.63, 3.8) is 0 Å². The third kappa shape index (κ3) is 3.77. The Morgan fingerprint density at radius 3 is 2.62 bits per heavy atom. The Morgan fingerprint density at radius 2 is 1.88 bits per heavy atom. The zero-order valence-corrected chi connectivity index (χ0v) is 13.8. The first-order chi connectivity index (χ1) is 11.5. The van der Waals surface area contributed by atoms with Crippen molar-refractivity contribution in [2.75, 3.05) is 18.1 Å². The molecule has 0 bridgehead atoms. The normalized spacial score (nSPS) is 11.4. The van der Waals surface area contributed by atoms with Crippen molar-refractivity contribution < 1.29 is 12.8 Å². The van der Waals surface area contributed by atoms with Gasteiger partial charge < -0.3 is 9.73 Å². The van der Waals surface area contributed by atoms with Gasteiger partial charge in [0.05, 0.1) is 0 Å². The zero-order valence-electron chi connectivity index (χ0n) is 13.0. The van der Waals surface area contributed by atoms with Crippen molar-refractivity contribution in [2.24, 2.45) is 0 Å². The molecule has 0 atom stereocenters. The Bertz CT molecular complexity index is 923. The van der Waals surface area contributed by atoms with E-state index in [2.05, 4.69) is 20.5 Å². The van der Waals surface area contributed by atoms with E-state index in [0.29, 0.717) is 30.6 Å². The second-order valence-corrected chi connectivity index (χ2v) is 7.15. The smallest absolute Gasteiger partial charge is 0.247 e. The van der Waals surface area contributed by atoms with Crippen molar-refractivity contribution in [3.05, 3.63) is 54.6 Å². The minimum absolute atomic E-state index is 0.167. The number of benzene rings is 1. The molecule has 0 radical (unpaired) electrons. The van der Waals surface area contributed by atoms with Crippen LogP contribution in [-0.4, -0.2) is 36.4 Å². The Hall–Kier alpha value is -2.74. The Labute approximate surface area is 139 Å². The molecule has 3 aromatic rings. The van der Waals surface area contributed by atoms with E-state index in [1.165, 1.54) is 12.3 Å². The van der Waals surface area contributed by atoms with Crippen LogP contribution in [0.3, 0.4) is 0 Å². The van der Waals surface area contributed by atoms with Crippen molar-refractivity contribution in [1.29, 1.82) is 0 Å². The van der Waals surface area contributed by atoms with Crippen molar-refractivity contribution in [1.82, 2.24) is 15.2 Å². The van der Waals surface area contributed by atoms with Crippen molar-refractivity contribution in [3.8, 4) is 11.5 Å². The Morgan fingerprint density at radius 1 is 1.08 bits per heavy atom. The highest BCUT2D eigenvalue weighted by Crippen LogP contribution is 2.19. The van der Waals surface area contributed by atoms with Gasteiger partial charge in [0.15, 0.2) is 9.84 Å².